The number of hydrogen-bond acceptors (Lipinski definition) is 5. The second-order valence-electron chi connectivity index (χ2n) is 4.21. The number of nitrogens with zero attached hydrogens (tertiary/aromatic N) is 4. The van der Waals surface area contributed by atoms with Crippen molar-refractivity contribution in [3.63, 3.8) is 0 Å². The van der Waals surface area contributed by atoms with Crippen LogP contribution in [0.5, 0.6) is 0 Å². The monoisotopic (exact) mass is 239 g/mol. The Morgan fingerprint density at radius 2 is 2.00 bits per heavy atom. The standard InChI is InChI=1S/C11H18FN5/c1-9-10(12)11(15-8-14-9)17-6-4-16(3-2-13)5-7-17/h8H,2-7,13H2,1H3. The first-order valence-electron chi connectivity index (χ1n) is 5.87. The van der Waals surface area contributed by atoms with Crippen molar-refractivity contribution in [2.75, 3.05) is 44.2 Å². The molecule has 0 saturated carbocycles. The van der Waals surface area contributed by atoms with E-state index in [1.54, 1.807) is 6.92 Å². The molecule has 1 aromatic rings. The molecule has 1 aliphatic heterocycles. The van der Waals surface area contributed by atoms with Gasteiger partial charge in [-0.2, -0.15) is 0 Å². The Bertz CT molecular complexity index is 376. The van der Waals surface area contributed by atoms with Gasteiger partial charge in [-0.15, -0.1) is 0 Å². The Hall–Kier alpha value is -1.27. The third-order valence-corrected chi connectivity index (χ3v) is 3.06. The van der Waals surface area contributed by atoms with Gasteiger partial charge in [0.1, 0.15) is 6.33 Å². The molecule has 1 fully saturated rings. The third kappa shape index (κ3) is 2.70. The quantitative estimate of drug-likeness (QED) is 0.805. The molecule has 0 amide bonds. The van der Waals surface area contributed by atoms with Crippen molar-refractivity contribution in [1.29, 1.82) is 0 Å². The number of anilines is 1. The highest BCUT2D eigenvalue weighted by molar-refractivity contribution is 5.41. The lowest BCUT2D eigenvalue weighted by Crippen LogP contribution is -2.48. The maximum Gasteiger partial charge on any atom is 0.186 e. The van der Waals surface area contributed by atoms with E-state index in [-0.39, 0.29) is 5.82 Å². The molecule has 0 spiro atoms. The number of piperazine rings is 1. The molecule has 94 valence electrons. The summed E-state index contributed by atoms with van der Waals surface area (Å²) in [7, 11) is 0. The van der Waals surface area contributed by atoms with Crippen LogP contribution in [0.1, 0.15) is 5.69 Å². The summed E-state index contributed by atoms with van der Waals surface area (Å²) < 4.78 is 13.8. The predicted octanol–water partition coefficient (Wildman–Crippen LogP) is 0.00482. The van der Waals surface area contributed by atoms with Crippen molar-refractivity contribution in [2.24, 2.45) is 5.73 Å². The number of aryl methyl sites for hydroxylation is 1. The zero-order valence-electron chi connectivity index (χ0n) is 10.1. The number of nitrogens with two attached hydrogens (primary N) is 1. The van der Waals surface area contributed by atoms with Gasteiger partial charge in [0.05, 0.1) is 5.69 Å². The zero-order valence-corrected chi connectivity index (χ0v) is 10.1. The average molecular weight is 239 g/mol. The van der Waals surface area contributed by atoms with Gasteiger partial charge in [-0.05, 0) is 6.92 Å². The molecule has 0 unspecified atom stereocenters. The van der Waals surface area contributed by atoms with E-state index in [9.17, 15) is 4.39 Å². The van der Waals surface area contributed by atoms with Gasteiger partial charge in [0.15, 0.2) is 11.6 Å². The largest absolute Gasteiger partial charge is 0.352 e. The van der Waals surface area contributed by atoms with Crippen LogP contribution in [0.25, 0.3) is 0 Å². The molecule has 1 saturated heterocycles. The van der Waals surface area contributed by atoms with Gasteiger partial charge in [0, 0.05) is 39.3 Å². The molecule has 0 radical (unpaired) electrons. The van der Waals surface area contributed by atoms with Gasteiger partial charge in [-0.3, -0.25) is 4.90 Å². The van der Waals surface area contributed by atoms with E-state index in [2.05, 4.69) is 14.9 Å². The maximum absolute atomic E-state index is 13.8. The Labute approximate surface area is 100 Å². The number of hydrogen-bond donors (Lipinski definition) is 1. The van der Waals surface area contributed by atoms with Crippen LogP contribution in [-0.4, -0.2) is 54.1 Å². The SMILES string of the molecule is Cc1ncnc(N2CCN(CCN)CC2)c1F. The summed E-state index contributed by atoms with van der Waals surface area (Å²) in [6.45, 7) is 6.60. The summed E-state index contributed by atoms with van der Waals surface area (Å²) in [5.41, 5.74) is 5.92. The molecule has 17 heavy (non-hydrogen) atoms. The van der Waals surface area contributed by atoms with Crippen LogP contribution in [0.15, 0.2) is 6.33 Å². The number of halogens is 1. The maximum atomic E-state index is 13.8. The van der Waals surface area contributed by atoms with Crippen LogP contribution in [0.3, 0.4) is 0 Å². The van der Waals surface area contributed by atoms with Crippen LogP contribution < -0.4 is 10.6 Å². The molecular formula is C11H18FN5. The topological polar surface area (TPSA) is 58.3 Å². The number of rotatable bonds is 3. The van der Waals surface area contributed by atoms with E-state index in [4.69, 9.17) is 5.73 Å². The van der Waals surface area contributed by atoms with Crippen molar-refractivity contribution < 1.29 is 4.39 Å². The fraction of sp³-hybridized carbons (Fsp3) is 0.636. The molecule has 6 heteroatoms. The molecule has 2 N–H and O–H groups in total. The van der Waals surface area contributed by atoms with Gasteiger partial charge >= 0.3 is 0 Å². The van der Waals surface area contributed by atoms with Crippen LogP contribution in [0, 0.1) is 12.7 Å². The van der Waals surface area contributed by atoms with Crippen molar-refractivity contribution in [3.8, 4) is 0 Å². The molecule has 2 heterocycles. The molecule has 0 atom stereocenters. The van der Waals surface area contributed by atoms with Gasteiger partial charge in [0.25, 0.3) is 0 Å². The third-order valence-electron chi connectivity index (χ3n) is 3.06. The molecular weight excluding hydrogens is 221 g/mol. The second kappa shape index (κ2) is 5.37. The highest BCUT2D eigenvalue weighted by Crippen LogP contribution is 2.18. The molecule has 5 nitrogen and oxygen atoms in total. The first kappa shape index (κ1) is 12.2. The lowest BCUT2D eigenvalue weighted by molar-refractivity contribution is 0.263. The lowest BCUT2D eigenvalue weighted by atomic mass is 10.3. The molecule has 0 aromatic carbocycles. The zero-order chi connectivity index (χ0) is 12.3. The lowest BCUT2D eigenvalue weighted by Gasteiger charge is -2.35. The fourth-order valence-corrected chi connectivity index (χ4v) is 2.03. The normalized spacial score (nSPS) is 17.5. The first-order chi connectivity index (χ1) is 8.22. The van der Waals surface area contributed by atoms with E-state index in [0.717, 1.165) is 32.7 Å². The molecule has 0 bridgehead atoms. The van der Waals surface area contributed by atoms with Gasteiger partial charge in [-0.25, -0.2) is 14.4 Å². The Morgan fingerprint density at radius 3 is 2.65 bits per heavy atom. The summed E-state index contributed by atoms with van der Waals surface area (Å²) in [5.74, 6) is 0.115. The summed E-state index contributed by atoms with van der Waals surface area (Å²) in [6, 6.07) is 0. The van der Waals surface area contributed by atoms with Gasteiger partial charge < -0.3 is 10.6 Å². The van der Waals surface area contributed by atoms with Gasteiger partial charge in [-0.1, -0.05) is 0 Å². The van der Waals surface area contributed by atoms with Crippen molar-refractivity contribution in [3.05, 3.63) is 17.8 Å². The first-order valence-corrected chi connectivity index (χ1v) is 5.87. The Morgan fingerprint density at radius 1 is 1.29 bits per heavy atom. The minimum atomic E-state index is -0.306. The molecule has 0 aliphatic carbocycles. The van der Waals surface area contributed by atoms with Crippen molar-refractivity contribution in [2.45, 2.75) is 6.92 Å². The fourth-order valence-electron chi connectivity index (χ4n) is 2.03. The molecule has 1 aliphatic rings. The van der Waals surface area contributed by atoms with E-state index in [0.29, 0.717) is 18.1 Å². The molecule has 2 rings (SSSR count). The van der Waals surface area contributed by atoms with Crippen LogP contribution >= 0.6 is 0 Å². The van der Waals surface area contributed by atoms with E-state index in [1.807, 2.05) is 4.90 Å². The smallest absolute Gasteiger partial charge is 0.186 e. The van der Waals surface area contributed by atoms with Crippen molar-refractivity contribution in [1.82, 2.24) is 14.9 Å². The summed E-state index contributed by atoms with van der Waals surface area (Å²) >= 11 is 0. The minimum absolute atomic E-state index is 0.306. The summed E-state index contributed by atoms with van der Waals surface area (Å²) in [6.07, 6.45) is 1.42. The molecule has 1 aromatic heterocycles. The van der Waals surface area contributed by atoms with Crippen LogP contribution in [0.2, 0.25) is 0 Å². The number of aromatic nitrogens is 2. The van der Waals surface area contributed by atoms with E-state index < -0.39 is 0 Å². The highest BCUT2D eigenvalue weighted by atomic mass is 19.1. The van der Waals surface area contributed by atoms with Crippen molar-refractivity contribution >= 4 is 5.82 Å². The van der Waals surface area contributed by atoms with Crippen LogP contribution in [0.4, 0.5) is 10.2 Å². The Balaban J connectivity index is 2.03. The van der Waals surface area contributed by atoms with Crippen LogP contribution in [-0.2, 0) is 0 Å². The average Bonchev–Trinajstić information content (AvgIpc) is 2.34. The summed E-state index contributed by atoms with van der Waals surface area (Å²) in [4.78, 5) is 12.1. The van der Waals surface area contributed by atoms with Gasteiger partial charge in [0.2, 0.25) is 0 Å². The minimum Gasteiger partial charge on any atom is -0.352 e. The predicted molar refractivity (Wildman–Crippen MR) is 64.4 cm³/mol. The van der Waals surface area contributed by atoms with E-state index >= 15 is 0 Å². The summed E-state index contributed by atoms with van der Waals surface area (Å²) in [5, 5.41) is 0. The second-order valence-corrected chi connectivity index (χ2v) is 4.21. The Kier molecular flexibility index (Phi) is 3.86. The highest BCUT2D eigenvalue weighted by Gasteiger charge is 2.20. The van der Waals surface area contributed by atoms with E-state index in [1.165, 1.54) is 6.33 Å².